The molecule has 0 atom stereocenters. The Kier molecular flexibility index (Phi) is 4.93. The summed E-state index contributed by atoms with van der Waals surface area (Å²) in [6.07, 6.45) is 1.58. The van der Waals surface area contributed by atoms with Crippen LogP contribution in [-0.2, 0) is 0 Å². The van der Waals surface area contributed by atoms with Crippen LogP contribution in [0.2, 0.25) is 0 Å². The van der Waals surface area contributed by atoms with Crippen molar-refractivity contribution in [2.24, 2.45) is 5.10 Å². The molecule has 0 aliphatic carbocycles. The van der Waals surface area contributed by atoms with Gasteiger partial charge in [0, 0.05) is 11.6 Å². The summed E-state index contributed by atoms with van der Waals surface area (Å²) in [5.41, 5.74) is 3.79. The number of benzene rings is 2. The zero-order chi connectivity index (χ0) is 15.1. The first-order valence-corrected chi connectivity index (χ1v) is 6.34. The lowest BCUT2D eigenvalue weighted by atomic mass is 10.2. The van der Waals surface area contributed by atoms with E-state index < -0.39 is 0 Å². The van der Waals surface area contributed by atoms with E-state index >= 15 is 0 Å². The molecular formula is C16H16N2O3. The molecule has 21 heavy (non-hydrogen) atoms. The van der Waals surface area contributed by atoms with E-state index in [-0.39, 0.29) is 5.91 Å². The second-order valence-electron chi connectivity index (χ2n) is 4.21. The maximum Gasteiger partial charge on any atom is 0.271 e. The minimum atomic E-state index is -0.334. The second kappa shape index (κ2) is 7.09. The average Bonchev–Trinajstić information content (AvgIpc) is 2.55. The summed E-state index contributed by atoms with van der Waals surface area (Å²) in [6, 6.07) is 14.4. The Morgan fingerprint density at radius 2 is 1.67 bits per heavy atom. The normalized spacial score (nSPS) is 10.4. The Labute approximate surface area is 123 Å². The van der Waals surface area contributed by atoms with Crippen molar-refractivity contribution in [3.63, 3.8) is 0 Å². The van der Waals surface area contributed by atoms with Gasteiger partial charge in [-0.2, -0.15) is 5.10 Å². The Morgan fingerprint density at radius 3 is 2.24 bits per heavy atom. The zero-order valence-corrected chi connectivity index (χ0v) is 11.9. The number of hydrazone groups is 1. The van der Waals surface area contributed by atoms with Gasteiger partial charge in [-0.05, 0) is 17.7 Å². The Morgan fingerprint density at radius 1 is 1.05 bits per heavy atom. The lowest BCUT2D eigenvalue weighted by molar-refractivity contribution is 0.0954. The highest BCUT2D eigenvalue weighted by atomic mass is 16.5. The molecule has 1 amide bonds. The van der Waals surface area contributed by atoms with Gasteiger partial charge in [0.15, 0.2) is 0 Å². The molecule has 1 N–H and O–H groups in total. The summed E-state index contributed by atoms with van der Waals surface area (Å²) >= 11 is 0. The number of amides is 1. The largest absolute Gasteiger partial charge is 0.497 e. The van der Waals surface area contributed by atoms with Crippen LogP contribution in [0, 0.1) is 0 Å². The molecule has 2 rings (SSSR count). The van der Waals surface area contributed by atoms with Gasteiger partial charge in [0.05, 0.1) is 20.4 Å². The molecule has 0 aromatic heterocycles. The van der Waals surface area contributed by atoms with E-state index in [9.17, 15) is 4.79 Å². The lowest BCUT2D eigenvalue weighted by Crippen LogP contribution is -2.17. The van der Waals surface area contributed by atoms with Crippen molar-refractivity contribution in [1.29, 1.82) is 0 Å². The quantitative estimate of drug-likeness (QED) is 0.677. The molecule has 2 aromatic rings. The number of ether oxygens (including phenoxy) is 2. The fourth-order valence-electron chi connectivity index (χ4n) is 1.71. The number of hydrogen-bond acceptors (Lipinski definition) is 4. The van der Waals surface area contributed by atoms with Crippen LogP contribution < -0.4 is 14.9 Å². The summed E-state index contributed by atoms with van der Waals surface area (Å²) in [7, 11) is 3.06. The first kappa shape index (κ1) is 14.6. The highest BCUT2D eigenvalue weighted by Crippen LogP contribution is 2.22. The van der Waals surface area contributed by atoms with Crippen LogP contribution in [0.3, 0.4) is 0 Å². The van der Waals surface area contributed by atoms with E-state index in [2.05, 4.69) is 10.5 Å². The van der Waals surface area contributed by atoms with Crippen molar-refractivity contribution in [2.75, 3.05) is 14.2 Å². The topological polar surface area (TPSA) is 59.9 Å². The van der Waals surface area contributed by atoms with E-state index in [1.807, 2.05) is 30.3 Å². The number of nitrogens with one attached hydrogen (secondary N) is 1. The summed E-state index contributed by atoms with van der Waals surface area (Å²) in [6.45, 7) is 0. The van der Waals surface area contributed by atoms with Gasteiger partial charge in [-0.1, -0.05) is 30.3 Å². The molecule has 5 nitrogen and oxygen atoms in total. The first-order chi connectivity index (χ1) is 10.2. The molecule has 2 aromatic carbocycles. The SMILES string of the molecule is COc1cc(OC)cc(C(=O)N/N=C/c2ccccc2)c1. The third kappa shape index (κ3) is 4.07. The monoisotopic (exact) mass is 284 g/mol. The average molecular weight is 284 g/mol. The second-order valence-corrected chi connectivity index (χ2v) is 4.21. The summed E-state index contributed by atoms with van der Waals surface area (Å²) in [4.78, 5) is 12.0. The molecule has 0 spiro atoms. The zero-order valence-electron chi connectivity index (χ0n) is 11.9. The van der Waals surface area contributed by atoms with Crippen molar-refractivity contribution in [3.05, 3.63) is 59.7 Å². The molecule has 0 saturated heterocycles. The van der Waals surface area contributed by atoms with Gasteiger partial charge < -0.3 is 9.47 Å². The lowest BCUT2D eigenvalue weighted by Gasteiger charge is -2.07. The fourth-order valence-corrected chi connectivity index (χ4v) is 1.71. The Balaban J connectivity index is 2.08. The number of nitrogens with zero attached hydrogens (tertiary/aromatic N) is 1. The standard InChI is InChI=1S/C16H16N2O3/c1-20-14-8-13(9-15(10-14)21-2)16(19)18-17-11-12-6-4-3-5-7-12/h3-11H,1-2H3,(H,18,19)/b17-11+. The minimum absolute atomic E-state index is 0.334. The Hall–Kier alpha value is -2.82. The molecule has 0 fully saturated rings. The van der Waals surface area contributed by atoms with Gasteiger partial charge in [-0.3, -0.25) is 4.79 Å². The van der Waals surface area contributed by atoms with E-state index in [4.69, 9.17) is 9.47 Å². The number of carbonyl (C=O) groups is 1. The highest BCUT2D eigenvalue weighted by Gasteiger charge is 2.08. The van der Waals surface area contributed by atoms with Gasteiger partial charge in [-0.25, -0.2) is 5.43 Å². The van der Waals surface area contributed by atoms with Gasteiger partial charge in [0.2, 0.25) is 0 Å². The predicted molar refractivity (Wildman–Crippen MR) is 81.0 cm³/mol. The van der Waals surface area contributed by atoms with Crippen molar-refractivity contribution >= 4 is 12.1 Å². The molecule has 0 aliphatic heterocycles. The fraction of sp³-hybridized carbons (Fsp3) is 0.125. The van der Waals surface area contributed by atoms with Crippen molar-refractivity contribution < 1.29 is 14.3 Å². The minimum Gasteiger partial charge on any atom is -0.497 e. The molecule has 108 valence electrons. The van der Waals surface area contributed by atoms with Crippen molar-refractivity contribution in [1.82, 2.24) is 5.43 Å². The molecule has 0 bridgehead atoms. The van der Waals surface area contributed by atoms with E-state index in [0.29, 0.717) is 17.1 Å². The van der Waals surface area contributed by atoms with E-state index in [0.717, 1.165) is 5.56 Å². The molecular weight excluding hydrogens is 268 g/mol. The van der Waals surface area contributed by atoms with E-state index in [1.165, 1.54) is 14.2 Å². The van der Waals surface area contributed by atoms with Crippen LogP contribution in [0.15, 0.2) is 53.6 Å². The van der Waals surface area contributed by atoms with Gasteiger partial charge in [0.1, 0.15) is 11.5 Å². The molecule has 0 radical (unpaired) electrons. The van der Waals surface area contributed by atoms with Crippen LogP contribution in [0.4, 0.5) is 0 Å². The first-order valence-electron chi connectivity index (χ1n) is 6.34. The molecule has 0 unspecified atom stereocenters. The highest BCUT2D eigenvalue weighted by molar-refractivity contribution is 5.95. The number of hydrogen-bond donors (Lipinski definition) is 1. The summed E-state index contributed by atoms with van der Waals surface area (Å²) in [5, 5.41) is 3.92. The summed E-state index contributed by atoms with van der Waals surface area (Å²) in [5.74, 6) is 0.762. The summed E-state index contributed by atoms with van der Waals surface area (Å²) < 4.78 is 10.2. The maximum absolute atomic E-state index is 12.0. The van der Waals surface area contributed by atoms with Crippen LogP contribution in [-0.4, -0.2) is 26.3 Å². The predicted octanol–water partition coefficient (Wildman–Crippen LogP) is 2.47. The number of carbonyl (C=O) groups excluding carboxylic acids is 1. The number of rotatable bonds is 5. The van der Waals surface area contributed by atoms with Crippen molar-refractivity contribution in [2.45, 2.75) is 0 Å². The van der Waals surface area contributed by atoms with Crippen LogP contribution in [0.1, 0.15) is 15.9 Å². The van der Waals surface area contributed by atoms with Gasteiger partial charge in [0.25, 0.3) is 5.91 Å². The van der Waals surface area contributed by atoms with Crippen LogP contribution >= 0.6 is 0 Å². The van der Waals surface area contributed by atoms with Crippen molar-refractivity contribution in [3.8, 4) is 11.5 Å². The smallest absolute Gasteiger partial charge is 0.271 e. The van der Waals surface area contributed by atoms with Gasteiger partial charge >= 0.3 is 0 Å². The third-order valence-electron chi connectivity index (χ3n) is 2.79. The number of methoxy groups -OCH3 is 2. The maximum atomic E-state index is 12.0. The van der Waals surface area contributed by atoms with Crippen LogP contribution in [0.25, 0.3) is 0 Å². The van der Waals surface area contributed by atoms with E-state index in [1.54, 1.807) is 24.4 Å². The molecule has 0 saturated carbocycles. The molecule has 0 aliphatic rings. The Bertz CT molecular complexity index is 617. The molecule has 5 heteroatoms. The van der Waals surface area contributed by atoms with Crippen LogP contribution in [0.5, 0.6) is 11.5 Å². The third-order valence-corrected chi connectivity index (χ3v) is 2.79. The molecule has 0 heterocycles. The van der Waals surface area contributed by atoms with Gasteiger partial charge in [-0.15, -0.1) is 0 Å².